The molecule has 0 aliphatic heterocycles. The number of carbonyl (C=O) groups excluding carboxylic acids is 1. The fraction of sp³-hybridized carbons (Fsp3) is 0.917. The Bertz CT molecular complexity index is 204. The minimum absolute atomic E-state index is 0.189. The summed E-state index contributed by atoms with van der Waals surface area (Å²) < 4.78 is 10.5. The van der Waals surface area contributed by atoms with Gasteiger partial charge >= 0.3 is 5.97 Å². The van der Waals surface area contributed by atoms with E-state index in [1.807, 2.05) is 6.92 Å². The van der Waals surface area contributed by atoms with Crippen LogP contribution < -0.4 is 5.32 Å². The number of esters is 1. The van der Waals surface area contributed by atoms with Crippen LogP contribution in [0, 0.1) is 0 Å². The number of carbonyl (C=O) groups is 1. The number of unbranched alkanes of at least 4 members (excludes halogenated alkanes) is 1. The molecule has 0 saturated heterocycles. The fourth-order valence-electron chi connectivity index (χ4n) is 1.41. The molecule has 1 saturated carbocycles. The highest BCUT2D eigenvalue weighted by atomic mass is 16.5. The maximum absolute atomic E-state index is 11.6. The number of hydrogen-bond donors (Lipinski definition) is 1. The van der Waals surface area contributed by atoms with Gasteiger partial charge in [-0.25, -0.2) is 0 Å². The summed E-state index contributed by atoms with van der Waals surface area (Å²) in [6.45, 7) is 5.52. The molecule has 0 aromatic heterocycles. The number of ether oxygens (including phenoxy) is 2. The second kappa shape index (κ2) is 7.63. The molecule has 16 heavy (non-hydrogen) atoms. The molecule has 1 aliphatic rings. The third kappa shape index (κ3) is 5.47. The average molecular weight is 229 g/mol. The summed E-state index contributed by atoms with van der Waals surface area (Å²) in [7, 11) is 0. The van der Waals surface area contributed by atoms with Gasteiger partial charge in [0.2, 0.25) is 0 Å². The quantitative estimate of drug-likeness (QED) is 0.480. The lowest BCUT2D eigenvalue weighted by atomic mass is 10.3. The van der Waals surface area contributed by atoms with Crippen molar-refractivity contribution in [1.82, 2.24) is 5.32 Å². The van der Waals surface area contributed by atoms with Crippen LogP contribution in [0.1, 0.15) is 39.5 Å². The van der Waals surface area contributed by atoms with E-state index in [4.69, 9.17) is 9.47 Å². The first-order valence-electron chi connectivity index (χ1n) is 6.28. The molecule has 4 heteroatoms. The molecule has 1 aliphatic carbocycles. The van der Waals surface area contributed by atoms with Crippen LogP contribution in [0.2, 0.25) is 0 Å². The Kier molecular flexibility index (Phi) is 6.42. The fourth-order valence-corrected chi connectivity index (χ4v) is 1.41. The number of rotatable bonds is 9. The van der Waals surface area contributed by atoms with Crippen LogP contribution >= 0.6 is 0 Å². The molecule has 0 heterocycles. The van der Waals surface area contributed by atoms with E-state index in [9.17, 15) is 4.79 Å². The zero-order chi connectivity index (χ0) is 11.8. The molecule has 0 aromatic carbocycles. The molecular weight excluding hydrogens is 206 g/mol. The van der Waals surface area contributed by atoms with E-state index < -0.39 is 0 Å². The van der Waals surface area contributed by atoms with Gasteiger partial charge in [0.05, 0.1) is 13.2 Å². The molecule has 0 amide bonds. The lowest BCUT2D eigenvalue weighted by molar-refractivity contribution is -0.147. The Balaban J connectivity index is 2.22. The van der Waals surface area contributed by atoms with Crippen molar-refractivity contribution in [1.29, 1.82) is 0 Å². The van der Waals surface area contributed by atoms with Crippen molar-refractivity contribution < 1.29 is 14.3 Å². The van der Waals surface area contributed by atoms with Crippen LogP contribution in [0.4, 0.5) is 0 Å². The standard InChI is InChI=1S/C12H23NO3/c1-3-5-8-15-9-11(12(14)16-4-2)13-10-6-7-10/h10-11,13H,3-9H2,1-2H3. The van der Waals surface area contributed by atoms with Crippen LogP contribution in [0.15, 0.2) is 0 Å². The maximum atomic E-state index is 11.6. The summed E-state index contributed by atoms with van der Waals surface area (Å²) in [6.07, 6.45) is 4.47. The molecule has 0 spiro atoms. The minimum atomic E-state index is -0.288. The topological polar surface area (TPSA) is 47.6 Å². The van der Waals surface area contributed by atoms with Crippen molar-refractivity contribution in [2.75, 3.05) is 19.8 Å². The van der Waals surface area contributed by atoms with Crippen molar-refractivity contribution in [2.24, 2.45) is 0 Å². The van der Waals surface area contributed by atoms with Gasteiger partial charge < -0.3 is 9.47 Å². The average Bonchev–Trinajstić information content (AvgIpc) is 3.07. The van der Waals surface area contributed by atoms with Crippen molar-refractivity contribution in [3.63, 3.8) is 0 Å². The van der Waals surface area contributed by atoms with Gasteiger partial charge in [-0.05, 0) is 26.2 Å². The first-order chi connectivity index (χ1) is 7.77. The molecule has 4 nitrogen and oxygen atoms in total. The lowest BCUT2D eigenvalue weighted by Crippen LogP contribution is -2.43. The number of hydrogen-bond acceptors (Lipinski definition) is 4. The predicted molar refractivity (Wildman–Crippen MR) is 62.3 cm³/mol. The monoisotopic (exact) mass is 229 g/mol. The third-order valence-electron chi connectivity index (χ3n) is 2.51. The molecule has 1 rings (SSSR count). The first kappa shape index (κ1) is 13.5. The van der Waals surface area contributed by atoms with Crippen LogP contribution in [-0.2, 0) is 14.3 Å². The van der Waals surface area contributed by atoms with Gasteiger partial charge in [0.1, 0.15) is 6.04 Å². The van der Waals surface area contributed by atoms with Crippen LogP contribution in [0.25, 0.3) is 0 Å². The summed E-state index contributed by atoms with van der Waals surface area (Å²) in [6, 6.07) is 0.202. The maximum Gasteiger partial charge on any atom is 0.325 e. The normalized spacial score (nSPS) is 17.1. The SMILES string of the molecule is CCCCOCC(NC1CC1)C(=O)OCC. The largest absolute Gasteiger partial charge is 0.465 e. The summed E-state index contributed by atoms with van der Waals surface area (Å²) in [5, 5.41) is 3.25. The van der Waals surface area contributed by atoms with Crippen LogP contribution in [0.3, 0.4) is 0 Å². The van der Waals surface area contributed by atoms with Crippen LogP contribution in [-0.4, -0.2) is 37.9 Å². The zero-order valence-electron chi connectivity index (χ0n) is 10.3. The summed E-state index contributed by atoms with van der Waals surface area (Å²) >= 11 is 0. The van der Waals surface area contributed by atoms with Gasteiger partial charge in [-0.2, -0.15) is 0 Å². The highest BCUT2D eigenvalue weighted by Gasteiger charge is 2.29. The van der Waals surface area contributed by atoms with E-state index >= 15 is 0 Å². The second-order valence-corrected chi connectivity index (χ2v) is 4.17. The highest BCUT2D eigenvalue weighted by Crippen LogP contribution is 2.19. The Hall–Kier alpha value is -0.610. The molecule has 1 atom stereocenters. The van der Waals surface area contributed by atoms with E-state index in [1.165, 1.54) is 0 Å². The van der Waals surface area contributed by atoms with E-state index in [0.29, 0.717) is 19.3 Å². The van der Waals surface area contributed by atoms with Crippen molar-refractivity contribution in [3.8, 4) is 0 Å². The summed E-state index contributed by atoms with van der Waals surface area (Å²) in [5.41, 5.74) is 0. The third-order valence-corrected chi connectivity index (χ3v) is 2.51. The van der Waals surface area contributed by atoms with E-state index in [1.54, 1.807) is 0 Å². The van der Waals surface area contributed by atoms with E-state index in [-0.39, 0.29) is 12.0 Å². The molecular formula is C12H23NO3. The Morgan fingerprint density at radius 3 is 2.75 bits per heavy atom. The van der Waals surface area contributed by atoms with Crippen molar-refractivity contribution in [2.45, 2.75) is 51.6 Å². The predicted octanol–water partition coefficient (Wildman–Crippen LogP) is 1.49. The summed E-state index contributed by atoms with van der Waals surface area (Å²) in [4.78, 5) is 11.6. The minimum Gasteiger partial charge on any atom is -0.465 e. The molecule has 94 valence electrons. The lowest BCUT2D eigenvalue weighted by Gasteiger charge is -2.16. The van der Waals surface area contributed by atoms with Gasteiger partial charge in [-0.3, -0.25) is 10.1 Å². The smallest absolute Gasteiger partial charge is 0.325 e. The van der Waals surface area contributed by atoms with Crippen molar-refractivity contribution in [3.05, 3.63) is 0 Å². The molecule has 1 unspecified atom stereocenters. The van der Waals surface area contributed by atoms with Gasteiger partial charge in [0.15, 0.2) is 0 Å². The molecule has 0 bridgehead atoms. The first-order valence-corrected chi connectivity index (χ1v) is 6.28. The Morgan fingerprint density at radius 1 is 1.44 bits per heavy atom. The molecule has 0 aromatic rings. The van der Waals surface area contributed by atoms with Gasteiger partial charge in [-0.15, -0.1) is 0 Å². The molecule has 1 fully saturated rings. The van der Waals surface area contributed by atoms with Crippen LogP contribution in [0.5, 0.6) is 0 Å². The van der Waals surface area contributed by atoms with Gasteiger partial charge in [0, 0.05) is 12.6 Å². The summed E-state index contributed by atoms with van der Waals surface area (Å²) in [5.74, 6) is -0.189. The van der Waals surface area contributed by atoms with E-state index in [2.05, 4.69) is 12.2 Å². The zero-order valence-corrected chi connectivity index (χ0v) is 10.3. The molecule has 1 N–H and O–H groups in total. The van der Waals surface area contributed by atoms with E-state index in [0.717, 1.165) is 32.3 Å². The van der Waals surface area contributed by atoms with Crippen molar-refractivity contribution >= 4 is 5.97 Å². The van der Waals surface area contributed by atoms with Gasteiger partial charge in [-0.1, -0.05) is 13.3 Å². The number of nitrogens with one attached hydrogen (secondary N) is 1. The second-order valence-electron chi connectivity index (χ2n) is 4.17. The Labute approximate surface area is 97.7 Å². The van der Waals surface area contributed by atoms with Gasteiger partial charge in [0.25, 0.3) is 0 Å². The highest BCUT2D eigenvalue weighted by molar-refractivity contribution is 5.76. The Morgan fingerprint density at radius 2 is 2.19 bits per heavy atom. The molecule has 0 radical (unpaired) electrons.